The molecule has 1 aromatic rings. The van der Waals surface area contributed by atoms with E-state index in [2.05, 4.69) is 5.32 Å². The molecule has 1 atom stereocenters. The highest BCUT2D eigenvalue weighted by Crippen LogP contribution is 2.30. The zero-order chi connectivity index (χ0) is 13.3. The molecule has 96 valence electrons. The van der Waals surface area contributed by atoms with Gasteiger partial charge in [-0.1, -0.05) is 12.1 Å². The number of likely N-dealkylation sites (N-methyl/N-ethyl adjacent to an activating group) is 1. The van der Waals surface area contributed by atoms with Crippen molar-refractivity contribution in [3.05, 3.63) is 29.3 Å². The fourth-order valence-corrected chi connectivity index (χ4v) is 2.19. The van der Waals surface area contributed by atoms with Gasteiger partial charge in [-0.15, -0.1) is 0 Å². The maximum Gasteiger partial charge on any atom is 0.231 e. The van der Waals surface area contributed by atoms with Crippen molar-refractivity contribution in [2.75, 3.05) is 18.6 Å². The summed E-state index contributed by atoms with van der Waals surface area (Å²) in [7, 11) is 1.74. The molecule has 0 bridgehead atoms. The number of aliphatic hydroxyl groups is 1. The van der Waals surface area contributed by atoms with Crippen molar-refractivity contribution in [2.45, 2.75) is 19.4 Å². The third-order valence-corrected chi connectivity index (χ3v) is 3.14. The normalized spacial score (nSPS) is 15.5. The van der Waals surface area contributed by atoms with Gasteiger partial charge in [0.1, 0.15) is 0 Å². The van der Waals surface area contributed by atoms with Crippen LogP contribution in [0.4, 0.5) is 5.69 Å². The average molecular weight is 248 g/mol. The van der Waals surface area contributed by atoms with Gasteiger partial charge >= 0.3 is 0 Å². The highest BCUT2D eigenvalue weighted by Gasteiger charge is 2.25. The molecule has 18 heavy (non-hydrogen) atoms. The van der Waals surface area contributed by atoms with E-state index in [1.165, 1.54) is 6.92 Å². The number of hydrogen-bond acceptors (Lipinski definition) is 3. The van der Waals surface area contributed by atoms with Crippen molar-refractivity contribution in [1.29, 1.82) is 0 Å². The molecule has 1 aliphatic heterocycles. The molecule has 0 aliphatic carbocycles. The highest BCUT2D eigenvalue weighted by atomic mass is 16.3. The number of fused-ring (bicyclic) bond motifs is 1. The molecule has 1 unspecified atom stereocenters. The third kappa shape index (κ3) is 2.22. The van der Waals surface area contributed by atoms with Crippen LogP contribution < -0.4 is 10.2 Å². The minimum absolute atomic E-state index is 0.0576. The molecule has 2 amide bonds. The smallest absolute Gasteiger partial charge is 0.231 e. The highest BCUT2D eigenvalue weighted by molar-refractivity contribution is 6.00. The second kappa shape index (κ2) is 4.78. The lowest BCUT2D eigenvalue weighted by atomic mass is 10.0. The number of hydrogen-bond donors (Lipinski definition) is 2. The molecule has 1 aromatic carbocycles. The van der Waals surface area contributed by atoms with E-state index in [0.29, 0.717) is 6.42 Å². The van der Waals surface area contributed by atoms with Crippen LogP contribution in [0.5, 0.6) is 0 Å². The Kier molecular flexibility index (Phi) is 3.34. The molecule has 0 saturated carbocycles. The number of carbonyl (C=O) groups is 2. The number of anilines is 1. The number of nitrogens with zero attached hydrogens (tertiary/aromatic N) is 1. The van der Waals surface area contributed by atoms with E-state index < -0.39 is 6.04 Å². The number of nitrogens with one attached hydrogen (secondary N) is 1. The van der Waals surface area contributed by atoms with Gasteiger partial charge in [0.05, 0.1) is 19.1 Å². The molecule has 2 N–H and O–H groups in total. The van der Waals surface area contributed by atoms with Crippen molar-refractivity contribution in [1.82, 2.24) is 5.32 Å². The summed E-state index contributed by atoms with van der Waals surface area (Å²) in [6.45, 7) is 1.25. The van der Waals surface area contributed by atoms with E-state index in [4.69, 9.17) is 0 Å². The van der Waals surface area contributed by atoms with Crippen molar-refractivity contribution < 1.29 is 14.7 Å². The maximum atomic E-state index is 11.6. The molecule has 5 nitrogen and oxygen atoms in total. The summed E-state index contributed by atoms with van der Waals surface area (Å²) in [5, 5.41) is 12.0. The third-order valence-electron chi connectivity index (χ3n) is 3.14. The Bertz CT molecular complexity index is 499. The van der Waals surface area contributed by atoms with Crippen molar-refractivity contribution in [2.24, 2.45) is 0 Å². The Hall–Kier alpha value is -1.88. The number of carbonyl (C=O) groups excluding carboxylic acids is 2. The fourth-order valence-electron chi connectivity index (χ4n) is 2.19. The van der Waals surface area contributed by atoms with Crippen LogP contribution in [-0.4, -0.2) is 30.6 Å². The zero-order valence-electron chi connectivity index (χ0n) is 10.4. The van der Waals surface area contributed by atoms with E-state index in [-0.39, 0.29) is 18.4 Å². The number of amides is 2. The van der Waals surface area contributed by atoms with Crippen LogP contribution in [0.15, 0.2) is 18.2 Å². The lowest BCUT2D eigenvalue weighted by molar-refractivity contribution is -0.120. The molecule has 1 aliphatic rings. The zero-order valence-corrected chi connectivity index (χ0v) is 10.4. The predicted molar refractivity (Wildman–Crippen MR) is 67.2 cm³/mol. The van der Waals surface area contributed by atoms with Crippen molar-refractivity contribution >= 4 is 17.5 Å². The first-order valence-electron chi connectivity index (χ1n) is 5.80. The minimum Gasteiger partial charge on any atom is -0.394 e. The number of rotatable bonds is 3. The van der Waals surface area contributed by atoms with Gasteiger partial charge in [0, 0.05) is 19.7 Å². The number of aliphatic hydroxyl groups excluding tert-OH is 1. The van der Waals surface area contributed by atoms with E-state index >= 15 is 0 Å². The van der Waals surface area contributed by atoms with Gasteiger partial charge in [0.15, 0.2) is 0 Å². The van der Waals surface area contributed by atoms with Crippen LogP contribution >= 0.6 is 0 Å². The molecule has 5 heteroatoms. The van der Waals surface area contributed by atoms with Gasteiger partial charge in [-0.25, -0.2) is 0 Å². The minimum atomic E-state index is -0.422. The molecule has 0 fully saturated rings. The van der Waals surface area contributed by atoms with Gasteiger partial charge in [-0.2, -0.15) is 0 Å². The second-order valence-corrected chi connectivity index (χ2v) is 4.45. The van der Waals surface area contributed by atoms with Gasteiger partial charge in [-0.3, -0.25) is 9.59 Å². The molecule has 0 spiro atoms. The first-order valence-corrected chi connectivity index (χ1v) is 5.80. The fraction of sp³-hybridized carbons (Fsp3) is 0.385. The molecular formula is C13H16N2O3. The second-order valence-electron chi connectivity index (χ2n) is 4.45. The Balaban J connectivity index is 2.29. The topological polar surface area (TPSA) is 69.6 Å². The Morgan fingerprint density at radius 1 is 1.56 bits per heavy atom. The molecule has 0 radical (unpaired) electrons. The van der Waals surface area contributed by atoms with Gasteiger partial charge < -0.3 is 15.3 Å². The van der Waals surface area contributed by atoms with E-state index in [1.54, 1.807) is 11.9 Å². The first kappa shape index (κ1) is 12.6. The lowest BCUT2D eigenvalue weighted by Gasteiger charge is -2.17. The van der Waals surface area contributed by atoms with Crippen molar-refractivity contribution in [3.63, 3.8) is 0 Å². The summed E-state index contributed by atoms with van der Waals surface area (Å²) in [4.78, 5) is 24.2. The Morgan fingerprint density at radius 2 is 2.28 bits per heavy atom. The average Bonchev–Trinajstić information content (AvgIpc) is 2.61. The lowest BCUT2D eigenvalue weighted by Crippen LogP contribution is -2.28. The van der Waals surface area contributed by atoms with Crippen LogP contribution in [0.25, 0.3) is 0 Å². The number of benzene rings is 1. The molecular weight excluding hydrogens is 232 g/mol. The van der Waals surface area contributed by atoms with Gasteiger partial charge in [0.25, 0.3) is 0 Å². The standard InChI is InChI=1S/C13H16N2O3/c1-8(17)14-11(7-16)9-3-4-12-10(5-9)6-13(18)15(12)2/h3-5,11,16H,6-7H2,1-2H3,(H,14,17). The van der Waals surface area contributed by atoms with Crippen LogP contribution in [0, 0.1) is 0 Å². The van der Waals surface area contributed by atoms with E-state index in [9.17, 15) is 14.7 Å². The summed E-state index contributed by atoms with van der Waals surface area (Å²) in [6, 6.07) is 5.12. The molecule has 0 saturated heterocycles. The summed E-state index contributed by atoms with van der Waals surface area (Å²) in [5.41, 5.74) is 2.64. The first-order chi connectivity index (χ1) is 8.52. The van der Waals surface area contributed by atoms with E-state index in [1.807, 2.05) is 18.2 Å². The van der Waals surface area contributed by atoms with Crippen molar-refractivity contribution in [3.8, 4) is 0 Å². The Labute approximate surface area is 105 Å². The molecule has 2 rings (SSSR count). The van der Waals surface area contributed by atoms with E-state index in [0.717, 1.165) is 16.8 Å². The molecule has 0 aromatic heterocycles. The summed E-state index contributed by atoms with van der Waals surface area (Å²) in [6.07, 6.45) is 0.373. The van der Waals surface area contributed by atoms with Crippen LogP contribution in [-0.2, 0) is 16.0 Å². The monoisotopic (exact) mass is 248 g/mol. The van der Waals surface area contributed by atoms with Crippen LogP contribution in [0.3, 0.4) is 0 Å². The predicted octanol–water partition coefficient (Wildman–Crippen LogP) is 0.375. The van der Waals surface area contributed by atoms with Crippen LogP contribution in [0.2, 0.25) is 0 Å². The summed E-state index contributed by atoms with van der Waals surface area (Å²) in [5.74, 6) is -0.134. The Morgan fingerprint density at radius 3 is 2.89 bits per heavy atom. The maximum absolute atomic E-state index is 11.6. The largest absolute Gasteiger partial charge is 0.394 e. The molecule has 1 heterocycles. The quantitative estimate of drug-likeness (QED) is 0.812. The van der Waals surface area contributed by atoms with Gasteiger partial charge in [-0.05, 0) is 17.2 Å². The summed E-state index contributed by atoms with van der Waals surface area (Å²) < 4.78 is 0. The summed E-state index contributed by atoms with van der Waals surface area (Å²) >= 11 is 0. The van der Waals surface area contributed by atoms with Gasteiger partial charge in [0.2, 0.25) is 11.8 Å². The van der Waals surface area contributed by atoms with Crippen LogP contribution in [0.1, 0.15) is 24.1 Å². The SMILES string of the molecule is CC(=O)NC(CO)c1ccc2c(c1)CC(=O)N2C.